The number of nitrogens with zero attached hydrogens (tertiary/aromatic N) is 1. The lowest BCUT2D eigenvalue weighted by Crippen LogP contribution is -2.39. The van der Waals surface area contributed by atoms with Gasteiger partial charge in [-0.1, -0.05) is 41.9 Å². The summed E-state index contributed by atoms with van der Waals surface area (Å²) in [5.74, 6) is 0.210. The number of β-amino-alcohol motifs (C(OH)–C–C–N with tert-alkyl or cyclic N) is 1. The molecule has 28 heavy (non-hydrogen) atoms. The maximum absolute atomic E-state index is 12.7. The smallest absolute Gasteiger partial charge is 0.255 e. The quantitative estimate of drug-likeness (QED) is 0.663. The number of hydrogen-bond donors (Lipinski definition) is 3. The minimum Gasteiger partial charge on any atom is -0.496 e. The zero-order chi connectivity index (χ0) is 20.1. The number of methoxy groups -OCH3 is 1. The Morgan fingerprint density at radius 3 is 2.75 bits per heavy atom. The average molecular weight is 404 g/mol. The molecule has 0 radical (unpaired) electrons. The maximum atomic E-state index is 12.7. The van der Waals surface area contributed by atoms with E-state index >= 15 is 0 Å². The van der Waals surface area contributed by atoms with Gasteiger partial charge in [-0.15, -0.1) is 0 Å². The van der Waals surface area contributed by atoms with E-state index in [2.05, 4.69) is 27.7 Å². The molecule has 2 aromatic carbocycles. The van der Waals surface area contributed by atoms with Gasteiger partial charge in [0.15, 0.2) is 0 Å². The molecule has 150 valence electrons. The first-order chi connectivity index (χ1) is 13.5. The first-order valence-corrected chi connectivity index (χ1v) is 9.69. The fraction of sp³-hybridized carbons (Fsp3) is 0.381. The lowest BCUT2D eigenvalue weighted by Gasteiger charge is -2.24. The van der Waals surface area contributed by atoms with E-state index in [1.807, 2.05) is 18.2 Å². The first kappa shape index (κ1) is 20.5. The minimum atomic E-state index is -0.385. The Morgan fingerprint density at radius 2 is 2.07 bits per heavy atom. The molecule has 0 unspecified atom stereocenters. The van der Waals surface area contributed by atoms with Crippen molar-refractivity contribution in [1.82, 2.24) is 10.2 Å². The molecule has 1 saturated heterocycles. The third-order valence-corrected chi connectivity index (χ3v) is 5.35. The van der Waals surface area contributed by atoms with Crippen LogP contribution in [-0.4, -0.2) is 55.3 Å². The number of anilines is 1. The van der Waals surface area contributed by atoms with Gasteiger partial charge in [0.25, 0.3) is 5.91 Å². The van der Waals surface area contributed by atoms with E-state index in [-0.39, 0.29) is 18.1 Å². The third kappa shape index (κ3) is 4.76. The van der Waals surface area contributed by atoms with Crippen LogP contribution in [0.3, 0.4) is 0 Å². The number of halogens is 1. The molecule has 1 fully saturated rings. The van der Waals surface area contributed by atoms with Crippen LogP contribution in [0.15, 0.2) is 42.5 Å². The number of hydrogen-bond acceptors (Lipinski definition) is 5. The lowest BCUT2D eigenvalue weighted by molar-refractivity contribution is 0.0937. The van der Waals surface area contributed by atoms with Crippen molar-refractivity contribution in [3.05, 3.63) is 58.6 Å². The molecule has 1 aliphatic heterocycles. The van der Waals surface area contributed by atoms with E-state index in [0.29, 0.717) is 41.5 Å². The van der Waals surface area contributed by atoms with Crippen LogP contribution in [0.4, 0.5) is 5.69 Å². The molecule has 6 nitrogen and oxygen atoms in total. The molecule has 3 rings (SSSR count). The summed E-state index contributed by atoms with van der Waals surface area (Å²) < 4.78 is 5.34. The van der Waals surface area contributed by atoms with Gasteiger partial charge >= 0.3 is 0 Å². The van der Waals surface area contributed by atoms with Crippen molar-refractivity contribution in [3.8, 4) is 5.75 Å². The summed E-state index contributed by atoms with van der Waals surface area (Å²) >= 11 is 6.22. The Labute approximate surface area is 170 Å². The fourth-order valence-electron chi connectivity index (χ4n) is 3.58. The van der Waals surface area contributed by atoms with Crippen molar-refractivity contribution < 1.29 is 14.6 Å². The fourth-order valence-corrected chi connectivity index (χ4v) is 3.84. The Kier molecular flexibility index (Phi) is 6.78. The second-order valence-electron chi connectivity index (χ2n) is 6.95. The monoisotopic (exact) mass is 403 g/mol. The Morgan fingerprint density at radius 1 is 1.32 bits per heavy atom. The van der Waals surface area contributed by atoms with Gasteiger partial charge in [0, 0.05) is 38.8 Å². The highest BCUT2D eigenvalue weighted by Crippen LogP contribution is 2.30. The van der Waals surface area contributed by atoms with Gasteiger partial charge in [-0.05, 0) is 18.1 Å². The molecule has 0 saturated carbocycles. The Balaban J connectivity index is 1.67. The van der Waals surface area contributed by atoms with Crippen LogP contribution in [0.1, 0.15) is 22.3 Å². The molecule has 2 atom stereocenters. The van der Waals surface area contributed by atoms with E-state index in [0.717, 1.165) is 6.54 Å². The second-order valence-corrected chi connectivity index (χ2v) is 7.36. The number of benzene rings is 2. The van der Waals surface area contributed by atoms with Gasteiger partial charge in [-0.2, -0.15) is 0 Å². The molecule has 2 aromatic rings. The number of nitrogens with one attached hydrogen (secondary N) is 2. The molecule has 0 aromatic heterocycles. The van der Waals surface area contributed by atoms with Crippen molar-refractivity contribution in [2.75, 3.05) is 32.6 Å². The van der Waals surface area contributed by atoms with Crippen molar-refractivity contribution >= 4 is 23.2 Å². The number of amides is 1. The van der Waals surface area contributed by atoms with Crippen LogP contribution in [0.5, 0.6) is 5.75 Å². The summed E-state index contributed by atoms with van der Waals surface area (Å²) in [5, 5.41) is 16.5. The average Bonchev–Trinajstić information content (AvgIpc) is 3.05. The van der Waals surface area contributed by atoms with Crippen LogP contribution in [0.2, 0.25) is 5.02 Å². The number of carbonyl (C=O) groups is 1. The number of ether oxygens (including phenoxy) is 1. The largest absolute Gasteiger partial charge is 0.496 e. The van der Waals surface area contributed by atoms with Gasteiger partial charge in [-0.3, -0.25) is 9.69 Å². The summed E-state index contributed by atoms with van der Waals surface area (Å²) in [6.45, 7) is 1.78. The van der Waals surface area contributed by atoms with E-state index in [1.54, 1.807) is 19.2 Å². The van der Waals surface area contributed by atoms with Crippen molar-refractivity contribution in [2.24, 2.45) is 0 Å². The van der Waals surface area contributed by atoms with Gasteiger partial charge in [0.1, 0.15) is 5.75 Å². The number of carbonyl (C=O) groups excluding carboxylic acids is 1. The molecule has 0 bridgehead atoms. The molecule has 3 N–H and O–H groups in total. The van der Waals surface area contributed by atoms with Gasteiger partial charge < -0.3 is 20.5 Å². The van der Waals surface area contributed by atoms with E-state index in [9.17, 15) is 9.90 Å². The summed E-state index contributed by atoms with van der Waals surface area (Å²) in [4.78, 5) is 14.9. The molecule has 7 heteroatoms. The van der Waals surface area contributed by atoms with Crippen LogP contribution in [0, 0.1) is 0 Å². The van der Waals surface area contributed by atoms with E-state index in [1.165, 1.54) is 12.7 Å². The van der Waals surface area contributed by atoms with E-state index < -0.39 is 0 Å². The topological polar surface area (TPSA) is 73.8 Å². The highest BCUT2D eigenvalue weighted by molar-refractivity contribution is 6.33. The zero-order valence-electron chi connectivity index (χ0n) is 16.1. The molecular formula is C21H26ClN3O3. The summed E-state index contributed by atoms with van der Waals surface area (Å²) in [7, 11) is 3.28. The lowest BCUT2D eigenvalue weighted by atomic mass is 10.1. The van der Waals surface area contributed by atoms with Gasteiger partial charge in [-0.25, -0.2) is 0 Å². The maximum Gasteiger partial charge on any atom is 0.255 e. The van der Waals surface area contributed by atoms with Crippen molar-refractivity contribution in [1.29, 1.82) is 0 Å². The summed E-state index contributed by atoms with van der Waals surface area (Å²) in [5.41, 5.74) is 2.27. The molecular weight excluding hydrogens is 378 g/mol. The van der Waals surface area contributed by atoms with Crippen molar-refractivity contribution in [2.45, 2.75) is 25.1 Å². The number of aliphatic hydroxyl groups is 1. The van der Waals surface area contributed by atoms with E-state index in [4.69, 9.17) is 16.3 Å². The number of rotatable bonds is 7. The van der Waals surface area contributed by atoms with Crippen LogP contribution >= 0.6 is 11.6 Å². The van der Waals surface area contributed by atoms with Crippen LogP contribution < -0.4 is 15.4 Å². The third-order valence-electron chi connectivity index (χ3n) is 5.04. The SMILES string of the molecule is CNc1cc(OC)c(C(=O)NC[C@@H]2C[C@H](O)CN2Cc2ccccc2)cc1Cl. The highest BCUT2D eigenvalue weighted by atomic mass is 35.5. The molecule has 0 aliphatic carbocycles. The summed E-state index contributed by atoms with van der Waals surface area (Å²) in [6, 6.07) is 13.5. The minimum absolute atomic E-state index is 0.0669. The predicted octanol–water partition coefficient (Wildman–Crippen LogP) is 2.76. The molecule has 1 heterocycles. The van der Waals surface area contributed by atoms with Gasteiger partial charge in [0.2, 0.25) is 0 Å². The first-order valence-electron chi connectivity index (χ1n) is 9.31. The Bertz CT molecular complexity index is 816. The number of likely N-dealkylation sites (tertiary alicyclic amines) is 1. The Hall–Kier alpha value is -2.28. The standard InChI is InChI=1S/C21H26ClN3O3/c1-23-19-10-20(28-2)17(9-18(19)22)21(27)24-11-15-8-16(26)13-25(15)12-14-6-4-3-5-7-14/h3-7,9-10,15-16,23,26H,8,11-13H2,1-2H3,(H,24,27)/t15-,16-/m0/s1. The van der Waals surface area contributed by atoms with Gasteiger partial charge in [0.05, 0.1) is 29.5 Å². The molecule has 1 aliphatic rings. The normalized spacial score (nSPS) is 19.4. The highest BCUT2D eigenvalue weighted by Gasteiger charge is 2.31. The van der Waals surface area contributed by atoms with Crippen LogP contribution in [0.25, 0.3) is 0 Å². The number of aliphatic hydroxyl groups excluding tert-OH is 1. The summed E-state index contributed by atoms with van der Waals surface area (Å²) in [6.07, 6.45) is 0.244. The zero-order valence-corrected chi connectivity index (χ0v) is 16.9. The molecule has 1 amide bonds. The van der Waals surface area contributed by atoms with Crippen LogP contribution in [-0.2, 0) is 6.54 Å². The predicted molar refractivity (Wildman–Crippen MR) is 111 cm³/mol. The molecule has 0 spiro atoms. The second kappa shape index (κ2) is 9.28. The van der Waals surface area contributed by atoms with Crippen molar-refractivity contribution in [3.63, 3.8) is 0 Å².